The summed E-state index contributed by atoms with van der Waals surface area (Å²) in [6.07, 6.45) is 0. The van der Waals surface area contributed by atoms with Crippen molar-refractivity contribution in [2.75, 3.05) is 0 Å². The van der Waals surface area contributed by atoms with E-state index in [1.807, 2.05) is 52.5 Å². The van der Waals surface area contributed by atoms with Crippen LogP contribution in [0.3, 0.4) is 0 Å². The highest BCUT2D eigenvalue weighted by molar-refractivity contribution is 7.14. The fraction of sp³-hybridized carbons (Fsp3) is 0.105. The SMILES string of the molecule is Cc1oc(-c2ccccc2)nc1C(=O)OCc1csc(-c2ccsc2)n1. The first-order chi connectivity index (χ1) is 12.7. The highest BCUT2D eigenvalue weighted by atomic mass is 32.1. The normalized spacial score (nSPS) is 10.8. The first kappa shape index (κ1) is 16.7. The second-order valence-corrected chi connectivity index (χ2v) is 7.16. The fourth-order valence-corrected chi connectivity index (χ4v) is 3.91. The van der Waals surface area contributed by atoms with Gasteiger partial charge in [-0.2, -0.15) is 11.3 Å². The monoisotopic (exact) mass is 382 g/mol. The van der Waals surface area contributed by atoms with Crippen LogP contribution in [-0.4, -0.2) is 15.9 Å². The molecule has 4 rings (SSSR count). The van der Waals surface area contributed by atoms with E-state index in [1.165, 1.54) is 11.3 Å². The Kier molecular flexibility index (Phi) is 4.64. The van der Waals surface area contributed by atoms with Gasteiger partial charge in [0.2, 0.25) is 5.89 Å². The Labute approximate surface area is 157 Å². The molecule has 0 aliphatic carbocycles. The standard InChI is InChI=1S/C19H14N2O3S2/c1-12-16(21-17(24-12)13-5-3-2-4-6-13)19(22)23-9-15-11-26-18(20-15)14-7-8-25-10-14/h2-8,10-11H,9H2,1H3. The van der Waals surface area contributed by atoms with Gasteiger partial charge in [0, 0.05) is 21.9 Å². The third-order valence-electron chi connectivity index (χ3n) is 3.68. The van der Waals surface area contributed by atoms with Gasteiger partial charge in [-0.15, -0.1) is 11.3 Å². The van der Waals surface area contributed by atoms with Gasteiger partial charge in [-0.1, -0.05) is 18.2 Å². The van der Waals surface area contributed by atoms with Gasteiger partial charge in [0.05, 0.1) is 5.69 Å². The number of rotatable bonds is 5. The predicted octanol–water partition coefficient (Wildman–Crippen LogP) is 5.19. The summed E-state index contributed by atoms with van der Waals surface area (Å²) < 4.78 is 11.0. The minimum Gasteiger partial charge on any atom is -0.454 e. The zero-order valence-electron chi connectivity index (χ0n) is 13.8. The number of esters is 1. The lowest BCUT2D eigenvalue weighted by Gasteiger charge is -2.00. The Bertz CT molecular complexity index is 1020. The molecule has 7 heteroatoms. The van der Waals surface area contributed by atoms with Gasteiger partial charge in [-0.25, -0.2) is 14.8 Å². The second-order valence-electron chi connectivity index (χ2n) is 5.52. The largest absolute Gasteiger partial charge is 0.454 e. The van der Waals surface area contributed by atoms with Gasteiger partial charge in [0.15, 0.2) is 5.69 Å². The van der Waals surface area contributed by atoms with E-state index >= 15 is 0 Å². The zero-order valence-corrected chi connectivity index (χ0v) is 15.5. The number of hydrogen-bond acceptors (Lipinski definition) is 7. The maximum absolute atomic E-state index is 12.4. The quantitative estimate of drug-likeness (QED) is 0.444. The van der Waals surface area contributed by atoms with Crippen molar-refractivity contribution >= 4 is 28.6 Å². The molecule has 0 saturated carbocycles. The minimum atomic E-state index is -0.515. The highest BCUT2D eigenvalue weighted by Crippen LogP contribution is 2.26. The van der Waals surface area contributed by atoms with Crippen LogP contribution in [-0.2, 0) is 11.3 Å². The summed E-state index contributed by atoms with van der Waals surface area (Å²) in [7, 11) is 0. The van der Waals surface area contributed by atoms with Gasteiger partial charge >= 0.3 is 5.97 Å². The predicted molar refractivity (Wildman–Crippen MR) is 101 cm³/mol. The zero-order chi connectivity index (χ0) is 17.9. The Morgan fingerprint density at radius 1 is 1.12 bits per heavy atom. The van der Waals surface area contributed by atoms with Crippen LogP contribution in [0.1, 0.15) is 21.9 Å². The number of thiazole rings is 1. The molecule has 0 bridgehead atoms. The molecule has 130 valence electrons. The van der Waals surface area contributed by atoms with Crippen molar-refractivity contribution in [3.63, 3.8) is 0 Å². The Balaban J connectivity index is 1.45. The topological polar surface area (TPSA) is 65.2 Å². The van der Waals surface area contributed by atoms with Crippen LogP contribution in [0.25, 0.3) is 22.0 Å². The van der Waals surface area contributed by atoms with Crippen LogP contribution in [0, 0.1) is 6.92 Å². The number of ether oxygens (including phenoxy) is 1. The van der Waals surface area contributed by atoms with Crippen LogP contribution >= 0.6 is 22.7 Å². The van der Waals surface area contributed by atoms with Crippen molar-refractivity contribution in [3.8, 4) is 22.0 Å². The molecule has 0 fully saturated rings. The summed E-state index contributed by atoms with van der Waals surface area (Å²) in [4.78, 5) is 21.1. The Hall–Kier alpha value is -2.77. The van der Waals surface area contributed by atoms with Crippen LogP contribution < -0.4 is 0 Å². The molecule has 5 nitrogen and oxygen atoms in total. The summed E-state index contributed by atoms with van der Waals surface area (Å²) in [5.74, 6) is 0.327. The fourth-order valence-electron chi connectivity index (χ4n) is 2.39. The Morgan fingerprint density at radius 3 is 2.73 bits per heavy atom. The number of nitrogens with zero attached hydrogens (tertiary/aromatic N) is 2. The van der Waals surface area contributed by atoms with Gasteiger partial charge in [-0.05, 0) is 30.5 Å². The van der Waals surface area contributed by atoms with Gasteiger partial charge in [0.1, 0.15) is 17.4 Å². The van der Waals surface area contributed by atoms with Crippen LogP contribution in [0.4, 0.5) is 0 Å². The number of oxazole rings is 1. The molecular weight excluding hydrogens is 368 g/mol. The van der Waals surface area contributed by atoms with E-state index in [0.717, 1.165) is 16.1 Å². The summed E-state index contributed by atoms with van der Waals surface area (Å²) >= 11 is 3.15. The van der Waals surface area contributed by atoms with E-state index in [4.69, 9.17) is 9.15 Å². The molecule has 0 atom stereocenters. The van der Waals surface area contributed by atoms with E-state index in [1.54, 1.807) is 18.3 Å². The number of carbonyl (C=O) groups is 1. The highest BCUT2D eigenvalue weighted by Gasteiger charge is 2.20. The number of hydrogen-bond donors (Lipinski definition) is 0. The summed E-state index contributed by atoms with van der Waals surface area (Å²) in [5, 5.41) is 6.86. The number of aromatic nitrogens is 2. The lowest BCUT2D eigenvalue weighted by Crippen LogP contribution is -2.07. The van der Waals surface area contributed by atoms with Crippen molar-refractivity contribution in [1.29, 1.82) is 0 Å². The average Bonchev–Trinajstić information content (AvgIpc) is 3.40. The molecule has 3 heterocycles. The molecule has 0 radical (unpaired) electrons. The third-order valence-corrected chi connectivity index (χ3v) is 5.31. The number of aryl methyl sites for hydroxylation is 1. The van der Waals surface area contributed by atoms with Crippen LogP contribution in [0.2, 0.25) is 0 Å². The van der Waals surface area contributed by atoms with Crippen molar-refractivity contribution in [2.45, 2.75) is 13.5 Å². The van der Waals surface area contributed by atoms with E-state index in [9.17, 15) is 4.79 Å². The molecule has 0 N–H and O–H groups in total. The third kappa shape index (κ3) is 3.44. The Morgan fingerprint density at radius 2 is 1.96 bits per heavy atom. The van der Waals surface area contributed by atoms with Gasteiger partial charge in [-0.3, -0.25) is 0 Å². The first-order valence-corrected chi connectivity index (χ1v) is 9.70. The van der Waals surface area contributed by atoms with E-state index in [0.29, 0.717) is 17.3 Å². The molecule has 0 aliphatic rings. The molecule has 0 amide bonds. The summed E-state index contributed by atoms with van der Waals surface area (Å²) in [5.41, 5.74) is 2.80. The maximum atomic E-state index is 12.4. The molecule has 4 aromatic rings. The molecule has 0 unspecified atom stereocenters. The molecule has 3 aromatic heterocycles. The minimum absolute atomic E-state index is 0.104. The maximum Gasteiger partial charge on any atom is 0.361 e. The van der Waals surface area contributed by atoms with E-state index in [2.05, 4.69) is 9.97 Å². The smallest absolute Gasteiger partial charge is 0.361 e. The van der Waals surface area contributed by atoms with Crippen molar-refractivity contribution in [3.05, 3.63) is 69.7 Å². The number of carbonyl (C=O) groups excluding carboxylic acids is 1. The number of benzene rings is 1. The molecular formula is C19H14N2O3S2. The van der Waals surface area contributed by atoms with E-state index < -0.39 is 5.97 Å². The lowest BCUT2D eigenvalue weighted by atomic mass is 10.2. The molecule has 26 heavy (non-hydrogen) atoms. The lowest BCUT2D eigenvalue weighted by molar-refractivity contribution is 0.0460. The van der Waals surface area contributed by atoms with Gasteiger partial charge in [0.25, 0.3) is 0 Å². The molecule has 1 aromatic carbocycles. The summed E-state index contributed by atoms with van der Waals surface area (Å²) in [6.45, 7) is 1.81. The average molecular weight is 382 g/mol. The molecule has 0 saturated heterocycles. The van der Waals surface area contributed by atoms with Crippen LogP contribution in [0.15, 0.2) is 57.0 Å². The van der Waals surface area contributed by atoms with Crippen LogP contribution in [0.5, 0.6) is 0 Å². The second kappa shape index (κ2) is 7.23. The van der Waals surface area contributed by atoms with Crippen molar-refractivity contribution in [2.24, 2.45) is 0 Å². The van der Waals surface area contributed by atoms with Gasteiger partial charge < -0.3 is 9.15 Å². The molecule has 0 aliphatic heterocycles. The molecule has 0 spiro atoms. The van der Waals surface area contributed by atoms with Crippen molar-refractivity contribution in [1.82, 2.24) is 9.97 Å². The first-order valence-electron chi connectivity index (χ1n) is 7.87. The van der Waals surface area contributed by atoms with E-state index in [-0.39, 0.29) is 12.3 Å². The summed E-state index contributed by atoms with van der Waals surface area (Å²) in [6, 6.07) is 11.5. The van der Waals surface area contributed by atoms with Crippen molar-refractivity contribution < 1.29 is 13.9 Å². The number of thiophene rings is 1.